The molecule has 1 aromatic carbocycles. The van der Waals surface area contributed by atoms with Gasteiger partial charge in [-0.3, -0.25) is 4.79 Å². The van der Waals surface area contributed by atoms with Crippen LogP contribution in [0.15, 0.2) is 42.7 Å². The van der Waals surface area contributed by atoms with Gasteiger partial charge < -0.3 is 38.8 Å². The van der Waals surface area contributed by atoms with E-state index in [-0.39, 0.29) is 36.5 Å². The number of rotatable bonds is 21. The van der Waals surface area contributed by atoms with Crippen LogP contribution in [0.4, 0.5) is 0 Å². The first kappa shape index (κ1) is 34.5. The van der Waals surface area contributed by atoms with Crippen LogP contribution in [-0.2, 0) is 17.8 Å². The number of aryl methyl sites for hydroxylation is 1. The first-order valence-electron chi connectivity index (χ1n) is 14.4. The molecule has 0 atom stereocenters. The van der Waals surface area contributed by atoms with Crippen molar-refractivity contribution < 1.29 is 42.8 Å². The van der Waals surface area contributed by atoms with E-state index in [4.69, 9.17) is 21.1 Å². The molecule has 0 saturated heterocycles. The van der Waals surface area contributed by atoms with Crippen molar-refractivity contribution in [3.63, 3.8) is 0 Å². The molecule has 1 amide bonds. The summed E-state index contributed by atoms with van der Waals surface area (Å²) in [6.07, 6.45) is 20.7. The minimum Gasteiger partial charge on any atom is -1.00 e. The molecule has 0 unspecified atom stereocenters. The number of aromatic nitrogens is 1. The Labute approximate surface area is 253 Å². The first-order valence-corrected chi connectivity index (χ1v) is 14.8. The fourth-order valence-corrected chi connectivity index (χ4v) is 4.48. The number of benzene rings is 1. The van der Waals surface area contributed by atoms with Gasteiger partial charge in [0.25, 0.3) is 5.91 Å². The van der Waals surface area contributed by atoms with Crippen LogP contribution in [0.5, 0.6) is 11.5 Å². The van der Waals surface area contributed by atoms with E-state index >= 15 is 0 Å². The van der Waals surface area contributed by atoms with Gasteiger partial charge in [-0.2, -0.15) is 0 Å². The number of carbonyl (C=O) groups excluding carboxylic acids is 1. The van der Waals surface area contributed by atoms with Crippen molar-refractivity contribution in [3.05, 3.63) is 53.3 Å². The second kappa shape index (κ2) is 22.3. The zero-order valence-electron chi connectivity index (χ0n) is 23.5. The zero-order valence-corrected chi connectivity index (χ0v) is 26.4. The summed E-state index contributed by atoms with van der Waals surface area (Å²) in [6, 6.07) is 9.61. The summed E-state index contributed by atoms with van der Waals surface area (Å²) >= 11 is 6.47. The summed E-state index contributed by atoms with van der Waals surface area (Å²) in [4.78, 5) is 12.2. The van der Waals surface area contributed by atoms with Gasteiger partial charge >= 0.3 is 0 Å². The Kier molecular flexibility index (Phi) is 20.2. The van der Waals surface area contributed by atoms with E-state index in [1.807, 2.05) is 12.1 Å². The fourth-order valence-electron chi connectivity index (χ4n) is 4.25. The number of amides is 1. The normalized spacial score (nSPS) is 10.6. The SMILES string of the molecule is CCCCCCCCCCCCCCOc1cccc(OCC(=O)NCCc2cc[n+](CC)cc2)c1Cl.[I-]. The molecule has 2 rings (SSSR count). The van der Waals surface area contributed by atoms with Gasteiger partial charge in [0.1, 0.15) is 23.1 Å². The fraction of sp³-hybridized carbons (Fsp3) is 0.613. The van der Waals surface area contributed by atoms with E-state index in [0.717, 1.165) is 19.4 Å². The minimum atomic E-state index is -0.168. The van der Waals surface area contributed by atoms with Crippen molar-refractivity contribution in [1.29, 1.82) is 0 Å². The van der Waals surface area contributed by atoms with E-state index in [1.54, 1.807) is 6.07 Å². The van der Waals surface area contributed by atoms with Crippen molar-refractivity contribution in [2.75, 3.05) is 19.8 Å². The van der Waals surface area contributed by atoms with Crippen molar-refractivity contribution in [2.24, 2.45) is 0 Å². The number of ether oxygens (including phenoxy) is 2. The molecule has 214 valence electrons. The predicted molar refractivity (Wildman–Crippen MR) is 153 cm³/mol. The Bertz CT molecular complexity index is 880. The molecule has 0 aliphatic carbocycles. The number of unbranched alkanes of at least 4 members (excludes halogenated alkanes) is 11. The highest BCUT2D eigenvalue weighted by Crippen LogP contribution is 2.34. The van der Waals surface area contributed by atoms with Crippen LogP contribution in [0.25, 0.3) is 0 Å². The second-order valence-electron chi connectivity index (χ2n) is 9.73. The number of pyridine rings is 1. The number of nitrogens with one attached hydrogen (secondary N) is 1. The average Bonchev–Trinajstić information content (AvgIpc) is 2.92. The lowest BCUT2D eigenvalue weighted by Gasteiger charge is -2.12. The van der Waals surface area contributed by atoms with Crippen LogP contribution in [0.3, 0.4) is 0 Å². The van der Waals surface area contributed by atoms with Gasteiger partial charge in [-0.25, -0.2) is 4.57 Å². The van der Waals surface area contributed by atoms with Crippen molar-refractivity contribution >= 4 is 17.5 Å². The number of carbonyl (C=O) groups is 1. The average molecular weight is 659 g/mol. The summed E-state index contributed by atoms with van der Waals surface area (Å²) in [5.74, 6) is 0.908. The Hall–Kier alpha value is -1.54. The van der Waals surface area contributed by atoms with Crippen molar-refractivity contribution in [3.8, 4) is 11.5 Å². The summed E-state index contributed by atoms with van der Waals surface area (Å²) < 4.78 is 13.7. The van der Waals surface area contributed by atoms with Gasteiger partial charge in [-0.15, -0.1) is 0 Å². The van der Waals surface area contributed by atoms with Gasteiger partial charge in [-0.1, -0.05) is 95.2 Å². The molecule has 7 heteroatoms. The van der Waals surface area contributed by atoms with Gasteiger partial charge in [0.05, 0.1) is 6.61 Å². The maximum Gasteiger partial charge on any atom is 0.257 e. The van der Waals surface area contributed by atoms with E-state index in [2.05, 4.69) is 48.3 Å². The maximum atomic E-state index is 12.2. The lowest BCUT2D eigenvalue weighted by Crippen LogP contribution is -3.00. The molecule has 0 aliphatic heterocycles. The lowest BCUT2D eigenvalue weighted by molar-refractivity contribution is -0.693. The first-order chi connectivity index (χ1) is 18.1. The molecule has 0 spiro atoms. The van der Waals surface area contributed by atoms with Crippen LogP contribution in [0.2, 0.25) is 5.02 Å². The van der Waals surface area contributed by atoms with Crippen molar-refractivity contribution in [1.82, 2.24) is 5.32 Å². The zero-order chi connectivity index (χ0) is 26.6. The molecule has 0 bridgehead atoms. The van der Waals surface area contributed by atoms with Gasteiger partial charge in [0.15, 0.2) is 19.0 Å². The second-order valence-corrected chi connectivity index (χ2v) is 10.1. The van der Waals surface area contributed by atoms with Crippen LogP contribution < -0.4 is 43.3 Å². The molecule has 0 fully saturated rings. The predicted octanol–water partition coefficient (Wildman–Crippen LogP) is 4.47. The molecule has 0 radical (unpaired) electrons. The van der Waals surface area contributed by atoms with E-state index in [9.17, 15) is 4.79 Å². The molecule has 1 N–H and O–H groups in total. The summed E-state index contributed by atoms with van der Waals surface area (Å²) in [5.41, 5.74) is 1.19. The van der Waals surface area contributed by atoms with Crippen LogP contribution in [0.1, 0.15) is 96.5 Å². The molecular formula is C31H48ClIN2O3. The third-order valence-electron chi connectivity index (χ3n) is 6.60. The number of hydrogen-bond acceptors (Lipinski definition) is 3. The Morgan fingerprint density at radius 3 is 1.95 bits per heavy atom. The maximum absolute atomic E-state index is 12.2. The lowest BCUT2D eigenvalue weighted by atomic mass is 10.1. The summed E-state index contributed by atoms with van der Waals surface area (Å²) in [5, 5.41) is 3.32. The Morgan fingerprint density at radius 2 is 1.37 bits per heavy atom. The molecule has 0 aliphatic rings. The largest absolute Gasteiger partial charge is 1.00 e. The monoisotopic (exact) mass is 658 g/mol. The summed E-state index contributed by atoms with van der Waals surface area (Å²) in [6.45, 7) is 6.44. The third-order valence-corrected chi connectivity index (χ3v) is 6.98. The molecule has 38 heavy (non-hydrogen) atoms. The highest BCUT2D eigenvalue weighted by molar-refractivity contribution is 6.33. The quantitative estimate of drug-likeness (QED) is 0.122. The van der Waals surface area contributed by atoms with Crippen LogP contribution in [0, 0.1) is 0 Å². The number of nitrogens with zero attached hydrogens (tertiary/aromatic N) is 1. The number of halogens is 2. The molecule has 1 aromatic heterocycles. The molecular weight excluding hydrogens is 611 g/mol. The molecule has 5 nitrogen and oxygen atoms in total. The van der Waals surface area contributed by atoms with E-state index < -0.39 is 0 Å². The Morgan fingerprint density at radius 1 is 0.816 bits per heavy atom. The van der Waals surface area contributed by atoms with Gasteiger partial charge in [0, 0.05) is 18.7 Å². The number of hydrogen-bond donors (Lipinski definition) is 1. The Balaban J connectivity index is 0.00000722. The minimum absolute atomic E-state index is 0. The molecule has 1 heterocycles. The van der Waals surface area contributed by atoms with Gasteiger partial charge in [-0.05, 0) is 37.5 Å². The van der Waals surface area contributed by atoms with Crippen molar-refractivity contribution in [2.45, 2.75) is 104 Å². The van der Waals surface area contributed by atoms with Crippen LogP contribution in [-0.4, -0.2) is 25.7 Å². The highest BCUT2D eigenvalue weighted by Gasteiger charge is 2.11. The van der Waals surface area contributed by atoms with E-state index in [1.165, 1.54) is 76.2 Å². The highest BCUT2D eigenvalue weighted by atomic mass is 127. The molecule has 0 saturated carbocycles. The van der Waals surface area contributed by atoms with Gasteiger partial charge in [0.2, 0.25) is 0 Å². The van der Waals surface area contributed by atoms with Crippen LogP contribution >= 0.6 is 11.6 Å². The standard InChI is InChI=1S/C31H47ClN2O3.HI/c1-3-5-6-7-8-9-10-11-12-13-14-15-25-36-28-17-16-18-29(31(28)32)37-26-30(35)33-22-19-27-20-23-34(4-2)24-21-27;/h16-18,20-21,23-24H,3-15,19,22,25-26H2,1-2H3;1H. The van der Waals surface area contributed by atoms with E-state index in [0.29, 0.717) is 29.7 Å². The summed E-state index contributed by atoms with van der Waals surface area (Å²) in [7, 11) is 0. The topological polar surface area (TPSA) is 51.4 Å². The molecule has 2 aromatic rings. The third kappa shape index (κ3) is 15.2. The smallest absolute Gasteiger partial charge is 0.257 e.